The Morgan fingerprint density at radius 2 is 2.32 bits per heavy atom. The van der Waals surface area contributed by atoms with E-state index in [4.69, 9.17) is 10.5 Å². The maximum atomic E-state index is 13.7. The molecular formula is C15H23FN2O. The van der Waals surface area contributed by atoms with E-state index in [-0.39, 0.29) is 17.6 Å². The molecule has 2 rings (SSSR count). The molecule has 1 saturated heterocycles. The van der Waals surface area contributed by atoms with Crippen molar-refractivity contribution in [1.82, 2.24) is 4.90 Å². The third-order valence-corrected chi connectivity index (χ3v) is 4.01. The summed E-state index contributed by atoms with van der Waals surface area (Å²) in [7, 11) is 1.47. The standard InChI is InChI=1S/C15H23FN2O/c1-3-12-5-4-8-18(12)10-14(17)11-6-7-15(19-2)13(16)9-11/h6-7,9,12,14H,3-5,8,10,17H2,1-2H3. The first-order valence-electron chi connectivity index (χ1n) is 6.98. The van der Waals surface area contributed by atoms with Crippen LogP contribution in [0.1, 0.15) is 37.8 Å². The van der Waals surface area contributed by atoms with Crippen molar-refractivity contribution in [1.29, 1.82) is 0 Å². The van der Waals surface area contributed by atoms with Crippen molar-refractivity contribution in [2.75, 3.05) is 20.2 Å². The van der Waals surface area contributed by atoms with Gasteiger partial charge in [-0.1, -0.05) is 13.0 Å². The van der Waals surface area contributed by atoms with Crippen LogP contribution in [0.5, 0.6) is 5.75 Å². The van der Waals surface area contributed by atoms with Crippen molar-refractivity contribution < 1.29 is 9.13 Å². The van der Waals surface area contributed by atoms with E-state index in [1.54, 1.807) is 6.07 Å². The van der Waals surface area contributed by atoms with Crippen LogP contribution in [-0.2, 0) is 0 Å². The summed E-state index contributed by atoms with van der Waals surface area (Å²) < 4.78 is 18.6. The van der Waals surface area contributed by atoms with E-state index in [2.05, 4.69) is 11.8 Å². The van der Waals surface area contributed by atoms with Gasteiger partial charge in [0.2, 0.25) is 0 Å². The number of hydrogen-bond donors (Lipinski definition) is 1. The zero-order valence-electron chi connectivity index (χ0n) is 11.7. The summed E-state index contributed by atoms with van der Waals surface area (Å²) in [4.78, 5) is 2.42. The fraction of sp³-hybridized carbons (Fsp3) is 0.600. The Balaban J connectivity index is 2.03. The Bertz CT molecular complexity index is 425. The highest BCUT2D eigenvalue weighted by Crippen LogP contribution is 2.25. The summed E-state index contributed by atoms with van der Waals surface area (Å²) in [6.45, 7) is 4.11. The molecule has 1 aromatic carbocycles. The van der Waals surface area contributed by atoms with Gasteiger partial charge in [-0.15, -0.1) is 0 Å². The first-order chi connectivity index (χ1) is 9.15. The third-order valence-electron chi connectivity index (χ3n) is 4.01. The predicted octanol–water partition coefficient (Wildman–Crippen LogP) is 2.71. The fourth-order valence-electron chi connectivity index (χ4n) is 2.87. The molecule has 0 radical (unpaired) electrons. The molecule has 3 nitrogen and oxygen atoms in total. The average Bonchev–Trinajstić information content (AvgIpc) is 2.85. The summed E-state index contributed by atoms with van der Waals surface area (Å²) in [6, 6.07) is 5.47. The summed E-state index contributed by atoms with van der Waals surface area (Å²) in [5, 5.41) is 0. The minimum absolute atomic E-state index is 0.146. The molecule has 19 heavy (non-hydrogen) atoms. The first-order valence-corrected chi connectivity index (χ1v) is 6.98. The van der Waals surface area contributed by atoms with E-state index in [9.17, 15) is 4.39 Å². The maximum absolute atomic E-state index is 13.7. The van der Waals surface area contributed by atoms with Gasteiger partial charge < -0.3 is 10.5 Å². The van der Waals surface area contributed by atoms with E-state index >= 15 is 0 Å². The Morgan fingerprint density at radius 1 is 1.53 bits per heavy atom. The maximum Gasteiger partial charge on any atom is 0.165 e. The second-order valence-electron chi connectivity index (χ2n) is 5.20. The minimum atomic E-state index is -0.344. The van der Waals surface area contributed by atoms with Crippen LogP contribution in [0, 0.1) is 5.82 Å². The van der Waals surface area contributed by atoms with E-state index in [0.717, 1.165) is 25.1 Å². The van der Waals surface area contributed by atoms with Crippen LogP contribution in [0.15, 0.2) is 18.2 Å². The monoisotopic (exact) mass is 266 g/mol. The largest absolute Gasteiger partial charge is 0.494 e. The fourth-order valence-corrected chi connectivity index (χ4v) is 2.87. The van der Waals surface area contributed by atoms with Crippen LogP contribution in [0.2, 0.25) is 0 Å². The molecular weight excluding hydrogens is 243 g/mol. The summed E-state index contributed by atoms with van der Waals surface area (Å²) >= 11 is 0. The van der Waals surface area contributed by atoms with Crippen molar-refractivity contribution in [3.05, 3.63) is 29.6 Å². The molecule has 2 N–H and O–H groups in total. The van der Waals surface area contributed by atoms with Gasteiger partial charge in [0, 0.05) is 18.6 Å². The molecule has 1 heterocycles. The van der Waals surface area contributed by atoms with E-state index < -0.39 is 0 Å². The number of methoxy groups -OCH3 is 1. The zero-order valence-corrected chi connectivity index (χ0v) is 11.7. The number of nitrogens with two attached hydrogens (primary N) is 1. The Hall–Kier alpha value is -1.13. The number of benzene rings is 1. The van der Waals surface area contributed by atoms with E-state index in [0.29, 0.717) is 6.04 Å². The van der Waals surface area contributed by atoms with Crippen molar-refractivity contribution in [3.8, 4) is 5.75 Å². The SMILES string of the molecule is CCC1CCCN1CC(N)c1ccc(OC)c(F)c1. The van der Waals surface area contributed by atoms with Gasteiger partial charge in [0.25, 0.3) is 0 Å². The molecule has 2 unspecified atom stereocenters. The van der Waals surface area contributed by atoms with Crippen LogP contribution in [0.3, 0.4) is 0 Å². The quantitative estimate of drug-likeness (QED) is 0.890. The lowest BCUT2D eigenvalue weighted by Crippen LogP contribution is -2.35. The van der Waals surface area contributed by atoms with Crippen LogP contribution >= 0.6 is 0 Å². The van der Waals surface area contributed by atoms with Crippen molar-refractivity contribution in [2.24, 2.45) is 5.73 Å². The van der Waals surface area contributed by atoms with Gasteiger partial charge in [-0.05, 0) is 43.5 Å². The highest BCUT2D eigenvalue weighted by Gasteiger charge is 2.24. The first kappa shape index (κ1) is 14.3. The Labute approximate surface area is 114 Å². The molecule has 4 heteroatoms. The van der Waals surface area contributed by atoms with Crippen molar-refractivity contribution in [2.45, 2.75) is 38.3 Å². The predicted molar refractivity (Wildman–Crippen MR) is 74.8 cm³/mol. The van der Waals surface area contributed by atoms with Crippen LogP contribution in [0.4, 0.5) is 4.39 Å². The number of nitrogens with zero attached hydrogens (tertiary/aromatic N) is 1. The molecule has 0 amide bonds. The lowest BCUT2D eigenvalue weighted by atomic mass is 10.1. The normalized spacial score (nSPS) is 21.6. The molecule has 0 bridgehead atoms. The van der Waals surface area contributed by atoms with E-state index in [1.165, 1.54) is 26.0 Å². The molecule has 0 aliphatic carbocycles. The summed E-state index contributed by atoms with van der Waals surface area (Å²) in [5.41, 5.74) is 7.04. The van der Waals surface area contributed by atoms with Crippen LogP contribution in [0.25, 0.3) is 0 Å². The molecule has 1 aromatic rings. The van der Waals surface area contributed by atoms with Gasteiger partial charge in [-0.3, -0.25) is 4.90 Å². The number of likely N-dealkylation sites (tertiary alicyclic amines) is 1. The van der Waals surface area contributed by atoms with Crippen molar-refractivity contribution in [3.63, 3.8) is 0 Å². The van der Waals surface area contributed by atoms with Crippen LogP contribution < -0.4 is 10.5 Å². The molecule has 0 saturated carbocycles. The Morgan fingerprint density at radius 3 is 2.95 bits per heavy atom. The molecule has 1 aliphatic rings. The molecule has 1 fully saturated rings. The molecule has 0 spiro atoms. The van der Waals surface area contributed by atoms with Gasteiger partial charge in [0.15, 0.2) is 11.6 Å². The highest BCUT2D eigenvalue weighted by molar-refractivity contribution is 5.31. The van der Waals surface area contributed by atoms with Gasteiger partial charge >= 0.3 is 0 Å². The second kappa shape index (κ2) is 6.35. The topological polar surface area (TPSA) is 38.5 Å². The molecule has 0 aromatic heterocycles. The molecule has 106 valence electrons. The van der Waals surface area contributed by atoms with Gasteiger partial charge in [-0.25, -0.2) is 4.39 Å². The Kier molecular flexibility index (Phi) is 4.77. The highest BCUT2D eigenvalue weighted by atomic mass is 19.1. The third kappa shape index (κ3) is 3.25. The van der Waals surface area contributed by atoms with Gasteiger partial charge in [0.1, 0.15) is 0 Å². The zero-order chi connectivity index (χ0) is 13.8. The molecule has 1 aliphatic heterocycles. The summed E-state index contributed by atoms with van der Waals surface area (Å²) in [5.74, 6) is -0.0764. The summed E-state index contributed by atoms with van der Waals surface area (Å²) in [6.07, 6.45) is 3.64. The number of rotatable bonds is 5. The smallest absolute Gasteiger partial charge is 0.165 e. The number of hydrogen-bond acceptors (Lipinski definition) is 3. The number of ether oxygens (including phenoxy) is 1. The van der Waals surface area contributed by atoms with Gasteiger partial charge in [-0.2, -0.15) is 0 Å². The average molecular weight is 266 g/mol. The second-order valence-corrected chi connectivity index (χ2v) is 5.20. The van der Waals surface area contributed by atoms with Gasteiger partial charge in [0.05, 0.1) is 7.11 Å². The molecule has 2 atom stereocenters. The van der Waals surface area contributed by atoms with Crippen LogP contribution in [-0.4, -0.2) is 31.1 Å². The van der Waals surface area contributed by atoms with Crippen molar-refractivity contribution >= 4 is 0 Å². The lowest BCUT2D eigenvalue weighted by molar-refractivity contribution is 0.234. The minimum Gasteiger partial charge on any atom is -0.494 e. The van der Waals surface area contributed by atoms with E-state index in [1.807, 2.05) is 6.07 Å². The lowest BCUT2D eigenvalue weighted by Gasteiger charge is -2.26. The number of halogens is 1.